The summed E-state index contributed by atoms with van der Waals surface area (Å²) in [7, 11) is 0. The number of nitrogens with one attached hydrogen (secondary N) is 1. The van der Waals surface area contributed by atoms with Crippen molar-refractivity contribution in [3.8, 4) is 0 Å². The summed E-state index contributed by atoms with van der Waals surface area (Å²) in [4.78, 5) is 15.1. The van der Waals surface area contributed by atoms with Gasteiger partial charge in [-0.05, 0) is 30.4 Å². The fraction of sp³-hybridized carbons (Fsp3) is 0.467. The van der Waals surface area contributed by atoms with Crippen molar-refractivity contribution in [1.82, 2.24) is 4.98 Å². The molecule has 5 heteroatoms. The highest BCUT2D eigenvalue weighted by Gasteiger charge is 2.18. The Hall–Kier alpha value is -1.62. The Labute approximate surface area is 122 Å². The molecule has 0 amide bonds. The van der Waals surface area contributed by atoms with E-state index in [0.29, 0.717) is 6.42 Å². The van der Waals surface area contributed by atoms with Crippen LogP contribution in [-0.2, 0) is 4.79 Å². The zero-order valence-corrected chi connectivity index (χ0v) is 12.7. The van der Waals surface area contributed by atoms with Gasteiger partial charge in [0.05, 0.1) is 10.2 Å². The molecule has 108 valence electrons. The van der Waals surface area contributed by atoms with Gasteiger partial charge in [-0.1, -0.05) is 37.3 Å². The Morgan fingerprint density at radius 3 is 2.80 bits per heavy atom. The Morgan fingerprint density at radius 2 is 2.10 bits per heavy atom. The van der Waals surface area contributed by atoms with Crippen molar-refractivity contribution < 1.29 is 9.90 Å². The predicted octanol–water partition coefficient (Wildman–Crippen LogP) is 3.99. The molecule has 0 saturated heterocycles. The summed E-state index contributed by atoms with van der Waals surface area (Å²) in [6.45, 7) is 5.03. The van der Waals surface area contributed by atoms with Crippen LogP contribution >= 0.6 is 11.3 Å². The first-order valence-corrected chi connectivity index (χ1v) is 7.59. The number of aliphatic carboxylic acids is 1. The van der Waals surface area contributed by atoms with Gasteiger partial charge < -0.3 is 10.4 Å². The van der Waals surface area contributed by atoms with Crippen LogP contribution < -0.4 is 5.32 Å². The summed E-state index contributed by atoms with van der Waals surface area (Å²) in [5, 5.41) is 13.0. The number of carbonyl (C=O) groups is 1. The molecule has 0 atom stereocenters. The molecule has 1 aromatic heterocycles. The fourth-order valence-electron chi connectivity index (χ4n) is 2.03. The zero-order chi connectivity index (χ0) is 14.6. The quantitative estimate of drug-likeness (QED) is 0.810. The molecular weight excluding hydrogens is 272 g/mol. The van der Waals surface area contributed by atoms with Gasteiger partial charge in [-0.15, -0.1) is 0 Å². The minimum Gasteiger partial charge on any atom is -0.481 e. The lowest BCUT2D eigenvalue weighted by Crippen LogP contribution is -2.18. The molecule has 2 rings (SSSR count). The van der Waals surface area contributed by atoms with Crippen molar-refractivity contribution >= 4 is 32.7 Å². The molecule has 0 aliphatic heterocycles. The molecule has 0 fully saturated rings. The second kappa shape index (κ2) is 6.22. The van der Waals surface area contributed by atoms with Crippen LogP contribution in [0.1, 0.15) is 33.1 Å². The molecule has 4 nitrogen and oxygen atoms in total. The van der Waals surface area contributed by atoms with Crippen molar-refractivity contribution in [2.75, 3.05) is 11.9 Å². The van der Waals surface area contributed by atoms with Gasteiger partial charge in [-0.3, -0.25) is 4.79 Å². The largest absolute Gasteiger partial charge is 0.481 e. The number of anilines is 1. The molecule has 0 bridgehead atoms. The number of thiazole rings is 1. The van der Waals surface area contributed by atoms with Gasteiger partial charge in [0.1, 0.15) is 0 Å². The van der Waals surface area contributed by atoms with Gasteiger partial charge in [-0.25, -0.2) is 4.98 Å². The maximum atomic E-state index is 10.6. The van der Waals surface area contributed by atoms with E-state index in [0.717, 1.165) is 23.6 Å². The van der Waals surface area contributed by atoms with Gasteiger partial charge in [0.15, 0.2) is 5.13 Å². The lowest BCUT2D eigenvalue weighted by atomic mass is 9.84. The highest BCUT2D eigenvalue weighted by Crippen LogP contribution is 2.28. The first-order chi connectivity index (χ1) is 9.46. The number of benzene rings is 1. The SMILES string of the molecule is CC(C)(CCNc1nc2ccccc2s1)CCC(=O)O. The Bertz CT molecular complexity index is 559. The van der Waals surface area contributed by atoms with E-state index < -0.39 is 5.97 Å². The van der Waals surface area contributed by atoms with Crippen LogP contribution in [-0.4, -0.2) is 22.6 Å². The number of carboxylic acid groups (broad SMARTS) is 1. The number of fused-ring (bicyclic) bond motifs is 1. The molecule has 0 saturated carbocycles. The molecule has 0 unspecified atom stereocenters. The molecule has 1 heterocycles. The third kappa shape index (κ3) is 4.20. The highest BCUT2D eigenvalue weighted by atomic mass is 32.1. The number of nitrogens with zero attached hydrogens (tertiary/aromatic N) is 1. The number of aromatic nitrogens is 1. The normalized spacial score (nSPS) is 11.7. The van der Waals surface area contributed by atoms with Crippen LogP contribution in [0.15, 0.2) is 24.3 Å². The average molecular weight is 292 g/mol. The van der Waals surface area contributed by atoms with E-state index in [9.17, 15) is 4.79 Å². The standard InChI is InChI=1S/C15H20N2O2S/c1-15(2,8-7-13(18)19)9-10-16-14-17-11-5-3-4-6-12(11)20-14/h3-6H,7-10H2,1-2H3,(H,16,17)(H,18,19). The average Bonchev–Trinajstić information content (AvgIpc) is 2.79. The monoisotopic (exact) mass is 292 g/mol. The van der Waals surface area contributed by atoms with E-state index in [2.05, 4.69) is 30.2 Å². The third-order valence-electron chi connectivity index (χ3n) is 3.39. The second-order valence-electron chi connectivity index (χ2n) is 5.72. The van der Waals surface area contributed by atoms with Crippen molar-refractivity contribution in [3.05, 3.63) is 24.3 Å². The summed E-state index contributed by atoms with van der Waals surface area (Å²) in [6.07, 6.45) is 1.86. The minimum atomic E-state index is -0.725. The summed E-state index contributed by atoms with van der Waals surface area (Å²) >= 11 is 1.65. The predicted molar refractivity (Wildman–Crippen MR) is 83.4 cm³/mol. The van der Waals surface area contributed by atoms with E-state index in [1.165, 1.54) is 4.70 Å². The van der Waals surface area contributed by atoms with Crippen molar-refractivity contribution in [2.24, 2.45) is 5.41 Å². The van der Waals surface area contributed by atoms with E-state index in [-0.39, 0.29) is 11.8 Å². The number of rotatable bonds is 7. The van der Waals surface area contributed by atoms with Gasteiger partial charge >= 0.3 is 5.97 Å². The number of hydrogen-bond acceptors (Lipinski definition) is 4. The van der Waals surface area contributed by atoms with Crippen molar-refractivity contribution in [3.63, 3.8) is 0 Å². The van der Waals surface area contributed by atoms with Crippen molar-refractivity contribution in [2.45, 2.75) is 33.1 Å². The lowest BCUT2D eigenvalue weighted by Gasteiger charge is -2.23. The molecule has 2 N–H and O–H groups in total. The van der Waals surface area contributed by atoms with Crippen LogP contribution in [0.4, 0.5) is 5.13 Å². The van der Waals surface area contributed by atoms with Crippen LogP contribution in [0.25, 0.3) is 10.2 Å². The number of carboxylic acids is 1. The third-order valence-corrected chi connectivity index (χ3v) is 4.38. The summed E-state index contributed by atoms with van der Waals surface area (Å²) in [6, 6.07) is 8.07. The van der Waals surface area contributed by atoms with E-state index in [1.807, 2.05) is 18.2 Å². The van der Waals surface area contributed by atoms with Crippen molar-refractivity contribution in [1.29, 1.82) is 0 Å². The van der Waals surface area contributed by atoms with E-state index >= 15 is 0 Å². The van der Waals surface area contributed by atoms with Crippen LogP contribution in [0, 0.1) is 5.41 Å². The summed E-state index contributed by atoms with van der Waals surface area (Å²) in [5.41, 5.74) is 1.05. The fourth-order valence-corrected chi connectivity index (χ4v) is 2.92. The maximum Gasteiger partial charge on any atom is 0.303 e. The zero-order valence-electron chi connectivity index (χ0n) is 11.8. The number of hydrogen-bond donors (Lipinski definition) is 2. The molecule has 0 aliphatic rings. The van der Waals surface area contributed by atoms with Crippen LogP contribution in [0.3, 0.4) is 0 Å². The van der Waals surface area contributed by atoms with Crippen LogP contribution in [0.2, 0.25) is 0 Å². The van der Waals surface area contributed by atoms with Crippen LogP contribution in [0.5, 0.6) is 0 Å². The van der Waals surface area contributed by atoms with E-state index in [4.69, 9.17) is 5.11 Å². The molecule has 1 aromatic carbocycles. The van der Waals surface area contributed by atoms with Gasteiger partial charge in [0.25, 0.3) is 0 Å². The summed E-state index contributed by atoms with van der Waals surface area (Å²) in [5.74, 6) is -0.725. The second-order valence-corrected chi connectivity index (χ2v) is 6.75. The Kier molecular flexibility index (Phi) is 4.60. The van der Waals surface area contributed by atoms with Gasteiger partial charge in [0.2, 0.25) is 0 Å². The van der Waals surface area contributed by atoms with Gasteiger partial charge in [0, 0.05) is 13.0 Å². The lowest BCUT2D eigenvalue weighted by molar-refractivity contribution is -0.137. The first-order valence-electron chi connectivity index (χ1n) is 6.77. The topological polar surface area (TPSA) is 62.2 Å². The van der Waals surface area contributed by atoms with Gasteiger partial charge in [-0.2, -0.15) is 0 Å². The Balaban J connectivity index is 1.84. The Morgan fingerprint density at radius 1 is 1.35 bits per heavy atom. The highest BCUT2D eigenvalue weighted by molar-refractivity contribution is 7.22. The smallest absolute Gasteiger partial charge is 0.303 e. The molecule has 0 radical (unpaired) electrons. The molecule has 20 heavy (non-hydrogen) atoms. The molecule has 0 aliphatic carbocycles. The van der Waals surface area contributed by atoms with E-state index in [1.54, 1.807) is 11.3 Å². The summed E-state index contributed by atoms with van der Waals surface area (Å²) < 4.78 is 1.18. The molecular formula is C15H20N2O2S. The molecule has 2 aromatic rings. The minimum absolute atomic E-state index is 0.0298. The number of para-hydroxylation sites is 1. The molecule has 0 spiro atoms. The maximum absolute atomic E-state index is 10.6. The first kappa shape index (κ1) is 14.8.